The van der Waals surface area contributed by atoms with Crippen molar-refractivity contribution >= 4 is 35.9 Å². The predicted octanol–water partition coefficient (Wildman–Crippen LogP) is 6.49. The summed E-state index contributed by atoms with van der Waals surface area (Å²) in [6, 6.07) is 25.2. The maximum absolute atomic E-state index is 11.4. The Morgan fingerprint density at radius 1 is 0.875 bits per heavy atom. The molecule has 0 aliphatic carbocycles. The second-order valence-corrected chi connectivity index (χ2v) is 12.7. The second kappa shape index (κ2) is 10.5. The van der Waals surface area contributed by atoms with Crippen LogP contribution in [-0.2, 0) is 4.74 Å². The van der Waals surface area contributed by atoms with Crippen LogP contribution in [-0.4, -0.2) is 46.7 Å². The number of aryl methyl sites for hydroxylation is 1. The van der Waals surface area contributed by atoms with Crippen molar-refractivity contribution < 1.29 is 9.66 Å². The molecule has 0 unspecified atom stereocenters. The number of non-ortho nitro benzene ring substituents is 1. The summed E-state index contributed by atoms with van der Waals surface area (Å²) >= 11 is 0. The van der Waals surface area contributed by atoms with Crippen LogP contribution in [0.15, 0.2) is 88.7 Å². The Hall–Kier alpha value is -4.04. The molecule has 40 heavy (non-hydrogen) atoms. The molecule has 3 aromatic carbocycles. The number of hydrogen-bond donors (Lipinski definition) is 0. The van der Waals surface area contributed by atoms with Gasteiger partial charge in [-0.05, 0) is 57.2 Å². The van der Waals surface area contributed by atoms with Gasteiger partial charge in [-0.25, -0.2) is 14.2 Å². The minimum absolute atomic E-state index is 0.0394. The molecule has 3 heterocycles. The number of morpholine rings is 1. The molecule has 2 aliphatic heterocycles. The summed E-state index contributed by atoms with van der Waals surface area (Å²) in [5.41, 5.74) is 7.22. The van der Waals surface area contributed by atoms with E-state index in [4.69, 9.17) is 14.6 Å². The van der Waals surface area contributed by atoms with Gasteiger partial charge >= 0.3 is 0 Å². The molecule has 1 fully saturated rings. The van der Waals surface area contributed by atoms with Gasteiger partial charge in [-0.15, -0.1) is 0 Å². The lowest BCUT2D eigenvalue weighted by molar-refractivity contribution is -0.384. The number of fused-ring (bicyclic) bond motifs is 1. The fraction of sp³-hybridized carbons (Fsp3) is 0.233. The number of nitro groups is 1. The summed E-state index contributed by atoms with van der Waals surface area (Å²) in [6.07, 6.45) is 1.96. The van der Waals surface area contributed by atoms with Crippen molar-refractivity contribution in [3.05, 3.63) is 111 Å². The van der Waals surface area contributed by atoms with Crippen molar-refractivity contribution in [2.24, 2.45) is 9.85 Å². The highest BCUT2D eigenvalue weighted by atomic mass is 31.2. The molecule has 0 spiro atoms. The maximum Gasteiger partial charge on any atom is 0.269 e. The normalized spacial score (nSPS) is 18.9. The first-order chi connectivity index (χ1) is 19.4. The van der Waals surface area contributed by atoms with Crippen molar-refractivity contribution in [3.8, 4) is 5.69 Å². The van der Waals surface area contributed by atoms with E-state index < -0.39 is 7.36 Å². The molecule has 6 rings (SSSR count). The van der Waals surface area contributed by atoms with Crippen LogP contribution in [0.2, 0.25) is 0 Å². The Kier molecular flexibility index (Phi) is 6.88. The first-order valence-electron chi connectivity index (χ1n) is 13.3. The molecule has 1 aromatic heterocycles. The van der Waals surface area contributed by atoms with Crippen molar-refractivity contribution in [2.45, 2.75) is 20.8 Å². The molecule has 1 saturated heterocycles. The Morgan fingerprint density at radius 2 is 1.55 bits per heavy atom. The van der Waals surface area contributed by atoms with Crippen molar-refractivity contribution in [2.75, 3.05) is 31.1 Å². The van der Waals surface area contributed by atoms with Crippen LogP contribution in [0.4, 0.5) is 17.1 Å². The van der Waals surface area contributed by atoms with Crippen molar-refractivity contribution in [3.63, 3.8) is 0 Å². The first-order valence-corrected chi connectivity index (χ1v) is 14.9. The number of nitro benzene ring substituents is 1. The minimum Gasteiger partial charge on any atom is -0.379 e. The molecule has 0 radical (unpaired) electrons. The van der Waals surface area contributed by atoms with Gasteiger partial charge in [0.25, 0.3) is 5.69 Å². The summed E-state index contributed by atoms with van der Waals surface area (Å²) in [5, 5.41) is 17.6. The molecular weight excluding hydrogens is 523 g/mol. The van der Waals surface area contributed by atoms with Gasteiger partial charge in [0.1, 0.15) is 0 Å². The molecule has 9 nitrogen and oxygen atoms in total. The molecule has 2 aliphatic rings. The van der Waals surface area contributed by atoms with Gasteiger partial charge in [0, 0.05) is 47.9 Å². The van der Waals surface area contributed by atoms with Crippen LogP contribution >= 0.6 is 7.36 Å². The average Bonchev–Trinajstić information content (AvgIpc) is 3.24. The SMILES string of the molecule is Cc1ccc(-n2c(C)c3c(c2C)[P@@](=Nc2ccc([N+](=O)[O-])cc2)(N2CCOCC2)N(c2ccccc2)N=C3)cc1. The van der Waals surface area contributed by atoms with E-state index in [0.29, 0.717) is 32.0 Å². The zero-order valence-corrected chi connectivity index (χ0v) is 23.7. The third-order valence-corrected chi connectivity index (χ3v) is 11.2. The van der Waals surface area contributed by atoms with E-state index in [1.54, 1.807) is 12.1 Å². The topological polar surface area (TPSA) is 88.5 Å². The zero-order chi connectivity index (χ0) is 27.9. The average molecular weight is 555 g/mol. The molecule has 0 amide bonds. The number of hydrogen-bond acceptors (Lipinski definition) is 5. The first kappa shape index (κ1) is 26.2. The van der Waals surface area contributed by atoms with Gasteiger partial charge < -0.3 is 9.30 Å². The quantitative estimate of drug-likeness (QED) is 0.160. The predicted molar refractivity (Wildman–Crippen MR) is 161 cm³/mol. The van der Waals surface area contributed by atoms with Crippen LogP contribution in [0.3, 0.4) is 0 Å². The molecule has 0 saturated carbocycles. The van der Waals surface area contributed by atoms with E-state index in [1.807, 2.05) is 24.4 Å². The number of rotatable bonds is 5. The molecular formula is C30H31N6O3P. The van der Waals surface area contributed by atoms with E-state index >= 15 is 0 Å². The molecule has 10 heteroatoms. The summed E-state index contributed by atoms with van der Waals surface area (Å²) in [5.74, 6) is 0. The van der Waals surface area contributed by atoms with Crippen LogP contribution in [0.1, 0.15) is 22.5 Å². The lowest BCUT2D eigenvalue weighted by Gasteiger charge is -2.45. The Balaban J connectivity index is 1.68. The third kappa shape index (κ3) is 4.36. The van der Waals surface area contributed by atoms with E-state index in [1.165, 1.54) is 17.7 Å². The van der Waals surface area contributed by atoms with E-state index in [0.717, 1.165) is 33.6 Å². The highest BCUT2D eigenvalue weighted by molar-refractivity contribution is 7.73. The van der Waals surface area contributed by atoms with Crippen LogP contribution in [0, 0.1) is 30.9 Å². The number of nitrogens with zero attached hydrogens (tertiary/aromatic N) is 6. The smallest absolute Gasteiger partial charge is 0.269 e. The number of ether oxygens (including phenoxy) is 1. The number of aromatic nitrogens is 1. The van der Waals surface area contributed by atoms with Crippen molar-refractivity contribution in [1.29, 1.82) is 0 Å². The van der Waals surface area contributed by atoms with Gasteiger partial charge in [0.05, 0.1) is 41.0 Å². The van der Waals surface area contributed by atoms with E-state index in [-0.39, 0.29) is 10.6 Å². The number of hydrazone groups is 1. The standard InChI is InChI=1S/C30H31N6O3P/c1-22-9-13-26(14-10-22)34-23(2)29-21-31-35(27-7-5-4-6-8-27)40(30(29)24(34)3,33-17-19-39-20-18-33)32-25-11-15-28(16-12-25)36(37)38/h4-16,21H,17-20H2,1-3H3/t40-/m1/s1. The lowest BCUT2D eigenvalue weighted by Crippen LogP contribution is -2.44. The second-order valence-electron chi connectivity index (χ2n) is 9.98. The molecule has 0 N–H and O–H groups in total. The van der Waals surface area contributed by atoms with E-state index in [9.17, 15) is 10.1 Å². The third-order valence-electron chi connectivity index (χ3n) is 7.50. The van der Waals surface area contributed by atoms with Crippen molar-refractivity contribution in [1.82, 2.24) is 9.24 Å². The summed E-state index contributed by atoms with van der Waals surface area (Å²) in [6.45, 7) is 8.95. The monoisotopic (exact) mass is 554 g/mol. The van der Waals surface area contributed by atoms with Gasteiger partial charge in [0.2, 0.25) is 0 Å². The Morgan fingerprint density at radius 3 is 2.20 bits per heavy atom. The van der Waals surface area contributed by atoms with Gasteiger partial charge in [-0.2, -0.15) is 5.10 Å². The number of anilines is 1. The fourth-order valence-electron chi connectivity index (χ4n) is 5.58. The van der Waals surface area contributed by atoms with Gasteiger partial charge in [0.15, 0.2) is 7.36 Å². The zero-order valence-electron chi connectivity index (χ0n) is 22.8. The number of para-hydroxylation sites is 1. The molecule has 1 atom stereocenters. The Bertz CT molecular complexity index is 1640. The highest BCUT2D eigenvalue weighted by Gasteiger charge is 2.45. The lowest BCUT2D eigenvalue weighted by atomic mass is 10.2. The Labute approximate surface area is 233 Å². The van der Waals surface area contributed by atoms with Gasteiger partial charge in [-0.3, -0.25) is 10.1 Å². The molecule has 0 bridgehead atoms. The maximum atomic E-state index is 11.4. The van der Waals surface area contributed by atoms with Crippen LogP contribution in [0.5, 0.6) is 0 Å². The van der Waals surface area contributed by atoms with E-state index in [2.05, 4.69) is 71.2 Å². The summed E-state index contributed by atoms with van der Waals surface area (Å²) in [4.78, 5) is 11.0. The number of benzene rings is 3. The summed E-state index contributed by atoms with van der Waals surface area (Å²) < 4.78 is 18.2. The summed E-state index contributed by atoms with van der Waals surface area (Å²) in [7, 11) is -2.80. The highest BCUT2D eigenvalue weighted by Crippen LogP contribution is 2.62. The molecule has 204 valence electrons. The minimum atomic E-state index is -2.80. The molecule has 4 aromatic rings. The largest absolute Gasteiger partial charge is 0.379 e. The van der Waals surface area contributed by atoms with Crippen LogP contribution in [0.25, 0.3) is 5.69 Å². The fourth-order valence-corrected chi connectivity index (χ4v) is 9.51. The van der Waals surface area contributed by atoms with Crippen LogP contribution < -0.4 is 10.1 Å². The van der Waals surface area contributed by atoms with Gasteiger partial charge in [-0.1, -0.05) is 35.9 Å².